The number of nitrogens with one attached hydrogen (secondary N) is 2. The average molecular weight is 345 g/mol. The molecule has 0 radical (unpaired) electrons. The molecular weight excluding hydrogens is 318 g/mol. The molecule has 2 rings (SSSR count). The van der Waals surface area contributed by atoms with Gasteiger partial charge < -0.3 is 16.2 Å². The van der Waals surface area contributed by atoms with Gasteiger partial charge in [-0.05, 0) is 33.9 Å². The van der Waals surface area contributed by atoms with Gasteiger partial charge in [0.1, 0.15) is 5.82 Å². The number of nitrogens with zero attached hydrogens (tertiary/aromatic N) is 4. The molecule has 0 saturated heterocycles. The monoisotopic (exact) mass is 345 g/mol. The van der Waals surface area contributed by atoms with E-state index in [9.17, 15) is 5.11 Å². The van der Waals surface area contributed by atoms with Gasteiger partial charge in [0.25, 0.3) is 0 Å². The van der Waals surface area contributed by atoms with E-state index in [1.807, 2.05) is 18.3 Å². The zero-order chi connectivity index (χ0) is 18.4. The van der Waals surface area contributed by atoms with Gasteiger partial charge in [-0.3, -0.25) is 0 Å². The third-order valence-corrected chi connectivity index (χ3v) is 4.14. The van der Waals surface area contributed by atoms with Gasteiger partial charge in [-0.1, -0.05) is 33.4 Å². The highest BCUT2D eigenvalue weighted by Gasteiger charge is 2.37. The highest BCUT2D eigenvalue weighted by molar-refractivity contribution is 5.36. The van der Waals surface area contributed by atoms with Crippen LogP contribution in [0.2, 0.25) is 0 Å². The van der Waals surface area contributed by atoms with E-state index in [0.29, 0.717) is 25.3 Å². The summed E-state index contributed by atoms with van der Waals surface area (Å²) < 4.78 is 0. The number of anilines is 1. The van der Waals surface area contributed by atoms with Crippen molar-refractivity contribution in [2.75, 3.05) is 18.4 Å². The van der Waals surface area contributed by atoms with E-state index in [1.54, 1.807) is 0 Å². The normalized spacial score (nSPS) is 14.1. The molecule has 0 bridgehead atoms. The van der Waals surface area contributed by atoms with Crippen LogP contribution in [0.1, 0.15) is 38.1 Å². The van der Waals surface area contributed by atoms with E-state index in [2.05, 4.69) is 58.3 Å². The maximum Gasteiger partial charge on any atom is 0.152 e. The number of rotatable bonds is 8. The zero-order valence-corrected chi connectivity index (χ0v) is 15.0. The summed E-state index contributed by atoms with van der Waals surface area (Å²) in [5, 5.41) is 27.6. The quantitative estimate of drug-likeness (QED) is 0.539. The first kappa shape index (κ1) is 18.9. The summed E-state index contributed by atoms with van der Waals surface area (Å²) in [4.78, 5) is 4.40. The Hall–Kier alpha value is -2.48. The van der Waals surface area contributed by atoms with E-state index in [-0.39, 0.29) is 23.0 Å². The lowest BCUT2D eigenvalue weighted by Crippen LogP contribution is -2.30. The summed E-state index contributed by atoms with van der Waals surface area (Å²) >= 11 is 0. The molecule has 0 aromatic carbocycles. The largest absolute Gasteiger partial charge is 0.513 e. The predicted molar refractivity (Wildman–Crippen MR) is 97.1 cm³/mol. The Labute approximate surface area is 147 Å². The molecule has 8 nitrogen and oxygen atoms in total. The first-order valence-corrected chi connectivity index (χ1v) is 8.33. The molecule has 0 aliphatic rings. The van der Waals surface area contributed by atoms with E-state index in [4.69, 9.17) is 5.73 Å². The van der Waals surface area contributed by atoms with Crippen molar-refractivity contribution in [1.82, 2.24) is 25.6 Å². The number of hydrogen-bond donors (Lipinski definition) is 4. The van der Waals surface area contributed by atoms with Crippen molar-refractivity contribution >= 4 is 5.82 Å². The lowest BCUT2D eigenvalue weighted by Gasteiger charge is -2.35. The fourth-order valence-corrected chi connectivity index (χ4v) is 3.14. The second kappa shape index (κ2) is 8.06. The molecule has 136 valence electrons. The van der Waals surface area contributed by atoms with Gasteiger partial charge in [0.15, 0.2) is 5.82 Å². The van der Waals surface area contributed by atoms with Crippen molar-refractivity contribution in [3.05, 3.63) is 42.1 Å². The molecule has 0 fully saturated rings. The number of aliphatic hydroxyl groups is 1. The smallest absolute Gasteiger partial charge is 0.152 e. The van der Waals surface area contributed by atoms with E-state index < -0.39 is 0 Å². The summed E-state index contributed by atoms with van der Waals surface area (Å²) in [6.45, 7) is 11.2. The molecule has 8 heteroatoms. The number of tetrazole rings is 1. The van der Waals surface area contributed by atoms with Crippen LogP contribution < -0.4 is 11.1 Å². The van der Waals surface area contributed by atoms with Crippen LogP contribution in [0.4, 0.5) is 5.82 Å². The first-order valence-electron chi connectivity index (χ1n) is 8.33. The van der Waals surface area contributed by atoms with Crippen molar-refractivity contribution < 1.29 is 5.11 Å². The molecule has 25 heavy (non-hydrogen) atoms. The number of allylic oxidation sites excluding steroid dienone is 1. The zero-order valence-electron chi connectivity index (χ0n) is 15.0. The van der Waals surface area contributed by atoms with Crippen molar-refractivity contribution in [3.63, 3.8) is 0 Å². The van der Waals surface area contributed by atoms with Gasteiger partial charge in [0.2, 0.25) is 0 Å². The average Bonchev–Trinajstić information content (AvgIpc) is 3.06. The van der Waals surface area contributed by atoms with Crippen LogP contribution in [0.15, 0.2) is 30.7 Å². The van der Waals surface area contributed by atoms with Gasteiger partial charge in [-0.25, -0.2) is 10.1 Å². The molecule has 0 saturated carbocycles. The SMILES string of the molecule is C=C(O)[C@H]([C@H](Cc1ccc(NCCN)nc1)c1nnn[nH]1)C(C)(C)C. The highest BCUT2D eigenvalue weighted by atomic mass is 16.3. The van der Waals surface area contributed by atoms with Crippen LogP contribution in [0.3, 0.4) is 0 Å². The fraction of sp³-hybridized carbons (Fsp3) is 0.529. The van der Waals surface area contributed by atoms with Crippen LogP contribution in [-0.2, 0) is 6.42 Å². The van der Waals surface area contributed by atoms with Crippen molar-refractivity contribution in [3.8, 4) is 0 Å². The number of aliphatic hydroxyl groups excluding tert-OH is 1. The van der Waals surface area contributed by atoms with E-state index >= 15 is 0 Å². The fourth-order valence-electron chi connectivity index (χ4n) is 3.14. The molecule has 0 amide bonds. The second-order valence-electron chi connectivity index (χ2n) is 7.20. The van der Waals surface area contributed by atoms with Crippen molar-refractivity contribution in [1.29, 1.82) is 0 Å². The Morgan fingerprint density at radius 3 is 2.64 bits per heavy atom. The van der Waals surface area contributed by atoms with Gasteiger partial charge in [-0.15, -0.1) is 5.10 Å². The summed E-state index contributed by atoms with van der Waals surface area (Å²) in [6.07, 6.45) is 2.44. The van der Waals surface area contributed by atoms with Crippen LogP contribution in [0.25, 0.3) is 0 Å². The minimum absolute atomic E-state index is 0.128. The third-order valence-electron chi connectivity index (χ3n) is 4.14. The summed E-state index contributed by atoms with van der Waals surface area (Å²) in [5.74, 6) is 1.18. The number of aromatic nitrogens is 5. The van der Waals surface area contributed by atoms with Crippen molar-refractivity contribution in [2.24, 2.45) is 17.1 Å². The van der Waals surface area contributed by atoms with Gasteiger partial charge in [0, 0.05) is 31.1 Å². The molecule has 0 aliphatic heterocycles. The maximum atomic E-state index is 10.2. The third kappa shape index (κ3) is 4.99. The number of hydrogen-bond acceptors (Lipinski definition) is 7. The Morgan fingerprint density at radius 1 is 1.40 bits per heavy atom. The highest BCUT2D eigenvalue weighted by Crippen LogP contribution is 2.41. The number of H-pyrrole nitrogens is 1. The predicted octanol–water partition coefficient (Wildman–Crippen LogP) is 2.03. The van der Waals surface area contributed by atoms with Crippen LogP contribution in [-0.4, -0.2) is 43.8 Å². The Balaban J connectivity index is 2.26. The van der Waals surface area contributed by atoms with E-state index in [1.165, 1.54) is 0 Å². The molecular formula is C17H27N7O. The second-order valence-corrected chi connectivity index (χ2v) is 7.20. The minimum Gasteiger partial charge on any atom is -0.513 e. The molecule has 0 aliphatic carbocycles. The Morgan fingerprint density at radius 2 is 2.16 bits per heavy atom. The summed E-state index contributed by atoms with van der Waals surface area (Å²) in [5.41, 5.74) is 6.30. The number of aromatic amines is 1. The molecule has 2 heterocycles. The molecule has 2 atom stereocenters. The van der Waals surface area contributed by atoms with Crippen molar-refractivity contribution in [2.45, 2.75) is 33.1 Å². The lowest BCUT2D eigenvalue weighted by molar-refractivity contribution is 0.167. The molecule has 0 spiro atoms. The molecule has 2 aromatic heterocycles. The van der Waals surface area contributed by atoms with Gasteiger partial charge >= 0.3 is 0 Å². The van der Waals surface area contributed by atoms with E-state index in [0.717, 1.165) is 11.4 Å². The summed E-state index contributed by atoms with van der Waals surface area (Å²) in [7, 11) is 0. The maximum absolute atomic E-state index is 10.2. The lowest BCUT2D eigenvalue weighted by atomic mass is 9.70. The molecule has 0 unspecified atom stereocenters. The minimum atomic E-state index is -0.211. The standard InChI is InChI=1S/C17H27N7O/c1-11(25)15(17(2,3)4)13(16-21-23-24-22-16)9-12-5-6-14(20-10-12)19-8-7-18/h5-6,10,13,15,25H,1,7-9,18H2,2-4H3,(H,19,20)(H,21,22,23,24)/t13-,15+/m0/s1. The van der Waals surface area contributed by atoms with Crippen LogP contribution in [0, 0.1) is 11.3 Å². The summed E-state index contributed by atoms with van der Waals surface area (Å²) in [6, 6.07) is 3.92. The number of nitrogens with two attached hydrogens (primary N) is 1. The number of pyridine rings is 1. The van der Waals surface area contributed by atoms with Gasteiger partial charge in [-0.2, -0.15) is 0 Å². The topological polar surface area (TPSA) is 126 Å². The Bertz CT molecular complexity index is 661. The van der Waals surface area contributed by atoms with Crippen LogP contribution in [0.5, 0.6) is 0 Å². The molecule has 2 aromatic rings. The van der Waals surface area contributed by atoms with Crippen LogP contribution >= 0.6 is 0 Å². The Kier molecular flexibility index (Phi) is 6.08. The first-order chi connectivity index (χ1) is 11.8. The van der Waals surface area contributed by atoms with Gasteiger partial charge in [0.05, 0.1) is 5.76 Å². The molecule has 5 N–H and O–H groups in total.